The van der Waals surface area contributed by atoms with Crippen LogP contribution >= 0.6 is 0 Å². The normalized spacial score (nSPS) is 16.4. The van der Waals surface area contributed by atoms with E-state index in [1.165, 1.54) is 0 Å². The summed E-state index contributed by atoms with van der Waals surface area (Å²) in [6.07, 6.45) is 4.22. The van der Waals surface area contributed by atoms with Gasteiger partial charge in [-0.25, -0.2) is 4.98 Å². The predicted octanol–water partition coefficient (Wildman–Crippen LogP) is 1.13. The first-order chi connectivity index (χ1) is 10.7. The summed E-state index contributed by atoms with van der Waals surface area (Å²) in [7, 11) is 0. The molecule has 0 spiro atoms. The molecule has 22 heavy (non-hydrogen) atoms. The van der Waals surface area contributed by atoms with Gasteiger partial charge in [-0.1, -0.05) is 6.07 Å². The Morgan fingerprint density at radius 2 is 2.14 bits per heavy atom. The summed E-state index contributed by atoms with van der Waals surface area (Å²) < 4.78 is 0. The monoisotopic (exact) mass is 297 g/mol. The van der Waals surface area contributed by atoms with E-state index in [-0.39, 0.29) is 0 Å². The molecule has 0 radical (unpaired) electrons. The molecular formula is C14H15N7O. The van der Waals surface area contributed by atoms with Gasteiger partial charge in [0, 0.05) is 0 Å². The third-order valence-electron chi connectivity index (χ3n) is 3.97. The van der Waals surface area contributed by atoms with Crippen molar-refractivity contribution in [3.8, 4) is 0 Å². The maximum atomic E-state index is 10.4. The van der Waals surface area contributed by atoms with Crippen LogP contribution in [0.2, 0.25) is 0 Å². The van der Waals surface area contributed by atoms with Crippen molar-refractivity contribution in [1.82, 2.24) is 30.4 Å². The smallest absolute Gasteiger partial charge is 0.225 e. The fraction of sp³-hybridized carbons (Fsp3) is 0.357. The number of nitrogens with one attached hydrogen (secondary N) is 2. The molecule has 1 aliphatic rings. The van der Waals surface area contributed by atoms with Crippen molar-refractivity contribution < 1.29 is 5.11 Å². The minimum Gasteiger partial charge on any atom is -0.384 e. The SMILES string of the molecule is OC1(c2cccc(CNc3ncc4n[nH]nc4n3)n2)CCC1. The average Bonchev–Trinajstić information content (AvgIpc) is 2.98. The molecule has 0 unspecified atom stereocenters. The second kappa shape index (κ2) is 4.99. The largest absolute Gasteiger partial charge is 0.384 e. The number of nitrogens with zero attached hydrogens (tertiary/aromatic N) is 5. The molecule has 0 aliphatic heterocycles. The second-order valence-corrected chi connectivity index (χ2v) is 5.48. The van der Waals surface area contributed by atoms with E-state index in [4.69, 9.17) is 0 Å². The number of anilines is 1. The fourth-order valence-electron chi connectivity index (χ4n) is 2.51. The van der Waals surface area contributed by atoms with Gasteiger partial charge < -0.3 is 10.4 Å². The molecule has 8 nitrogen and oxygen atoms in total. The molecule has 112 valence electrons. The standard InChI is InChI=1S/C14H15N7O/c22-14(5-2-6-14)11-4-1-3-9(17-11)7-15-13-16-8-10-12(18-13)20-21-19-10/h1,3-4,8,22H,2,5-7H2,(H2,15,16,18,19,20,21). The Kier molecular flexibility index (Phi) is 2.97. The first kappa shape index (κ1) is 13.1. The van der Waals surface area contributed by atoms with Crippen molar-refractivity contribution in [2.24, 2.45) is 0 Å². The molecular weight excluding hydrogens is 282 g/mol. The van der Waals surface area contributed by atoms with Crippen LogP contribution < -0.4 is 5.32 Å². The van der Waals surface area contributed by atoms with E-state index >= 15 is 0 Å². The van der Waals surface area contributed by atoms with Crippen LogP contribution in [0, 0.1) is 0 Å². The molecule has 0 bridgehead atoms. The minimum atomic E-state index is -0.744. The fourth-order valence-corrected chi connectivity index (χ4v) is 2.51. The summed E-state index contributed by atoms with van der Waals surface area (Å²) in [6.45, 7) is 0.479. The molecule has 0 atom stereocenters. The molecule has 0 saturated heterocycles. The van der Waals surface area contributed by atoms with Crippen molar-refractivity contribution in [2.75, 3.05) is 5.32 Å². The van der Waals surface area contributed by atoms with Crippen molar-refractivity contribution in [2.45, 2.75) is 31.4 Å². The second-order valence-electron chi connectivity index (χ2n) is 5.48. The van der Waals surface area contributed by atoms with Crippen LogP contribution in [-0.4, -0.2) is 35.5 Å². The van der Waals surface area contributed by atoms with Gasteiger partial charge in [0.25, 0.3) is 0 Å². The number of fused-ring (bicyclic) bond motifs is 1. The number of hydrogen-bond donors (Lipinski definition) is 3. The van der Waals surface area contributed by atoms with Gasteiger partial charge in [0.15, 0.2) is 0 Å². The molecule has 1 aliphatic carbocycles. The maximum Gasteiger partial charge on any atom is 0.225 e. The van der Waals surface area contributed by atoms with Crippen LogP contribution in [0.3, 0.4) is 0 Å². The van der Waals surface area contributed by atoms with Crippen molar-refractivity contribution in [1.29, 1.82) is 0 Å². The lowest BCUT2D eigenvalue weighted by molar-refractivity contribution is -0.0427. The number of aromatic amines is 1. The lowest BCUT2D eigenvalue weighted by Crippen LogP contribution is -2.34. The highest BCUT2D eigenvalue weighted by atomic mass is 16.3. The third kappa shape index (κ3) is 2.27. The molecule has 0 amide bonds. The topological polar surface area (TPSA) is 112 Å². The van der Waals surface area contributed by atoms with Gasteiger partial charge in [-0.3, -0.25) is 4.98 Å². The van der Waals surface area contributed by atoms with Crippen LogP contribution in [0.1, 0.15) is 30.7 Å². The van der Waals surface area contributed by atoms with Crippen LogP contribution in [0.4, 0.5) is 5.95 Å². The van der Waals surface area contributed by atoms with Crippen molar-refractivity contribution >= 4 is 17.1 Å². The van der Waals surface area contributed by atoms with E-state index < -0.39 is 5.60 Å². The van der Waals surface area contributed by atoms with Crippen LogP contribution in [0.25, 0.3) is 11.2 Å². The summed E-state index contributed by atoms with van der Waals surface area (Å²) in [4.78, 5) is 12.9. The highest BCUT2D eigenvalue weighted by Gasteiger charge is 2.37. The molecule has 3 N–H and O–H groups in total. The van der Waals surface area contributed by atoms with Crippen molar-refractivity contribution in [3.05, 3.63) is 35.8 Å². The number of aliphatic hydroxyl groups is 1. The first-order valence-corrected chi connectivity index (χ1v) is 7.19. The summed E-state index contributed by atoms with van der Waals surface area (Å²) in [5.41, 5.74) is 1.97. The van der Waals surface area contributed by atoms with Crippen molar-refractivity contribution in [3.63, 3.8) is 0 Å². The van der Waals surface area contributed by atoms with E-state index in [2.05, 4.69) is 35.7 Å². The summed E-state index contributed by atoms with van der Waals surface area (Å²) in [5.74, 6) is 0.468. The zero-order chi connectivity index (χ0) is 15.0. The minimum absolute atomic E-state index is 0.468. The Hall–Kier alpha value is -2.61. The van der Waals surface area contributed by atoms with E-state index in [1.54, 1.807) is 6.20 Å². The Morgan fingerprint density at radius 3 is 2.95 bits per heavy atom. The van der Waals surface area contributed by atoms with Gasteiger partial charge in [0.2, 0.25) is 11.6 Å². The maximum absolute atomic E-state index is 10.4. The van der Waals surface area contributed by atoms with Gasteiger partial charge in [0.05, 0.1) is 24.1 Å². The molecule has 3 aromatic rings. The predicted molar refractivity (Wildman–Crippen MR) is 78.8 cm³/mol. The Balaban J connectivity index is 1.50. The van der Waals surface area contributed by atoms with E-state index in [1.807, 2.05) is 18.2 Å². The molecule has 1 saturated carbocycles. The van der Waals surface area contributed by atoms with Gasteiger partial charge >= 0.3 is 0 Å². The third-order valence-corrected chi connectivity index (χ3v) is 3.97. The van der Waals surface area contributed by atoms with Crippen LogP contribution in [0.15, 0.2) is 24.4 Å². The molecule has 3 heterocycles. The number of H-pyrrole nitrogens is 1. The van der Waals surface area contributed by atoms with Crippen LogP contribution in [0.5, 0.6) is 0 Å². The highest BCUT2D eigenvalue weighted by Crippen LogP contribution is 2.39. The molecule has 3 aromatic heterocycles. The highest BCUT2D eigenvalue weighted by molar-refractivity contribution is 5.68. The Labute approximate surface area is 126 Å². The van der Waals surface area contributed by atoms with Gasteiger partial charge in [-0.15, -0.1) is 5.10 Å². The van der Waals surface area contributed by atoms with Gasteiger partial charge in [-0.2, -0.15) is 15.3 Å². The summed E-state index contributed by atoms with van der Waals surface area (Å²) >= 11 is 0. The quantitative estimate of drug-likeness (QED) is 0.661. The molecule has 1 fully saturated rings. The molecule has 4 rings (SSSR count). The summed E-state index contributed by atoms with van der Waals surface area (Å²) in [5, 5.41) is 23.8. The van der Waals surface area contributed by atoms with E-state index in [0.29, 0.717) is 23.7 Å². The van der Waals surface area contributed by atoms with E-state index in [0.717, 1.165) is 30.7 Å². The van der Waals surface area contributed by atoms with E-state index in [9.17, 15) is 5.11 Å². The number of aromatic nitrogens is 6. The Morgan fingerprint density at radius 1 is 1.23 bits per heavy atom. The number of hydrogen-bond acceptors (Lipinski definition) is 7. The lowest BCUT2D eigenvalue weighted by atomic mass is 9.77. The summed E-state index contributed by atoms with van der Waals surface area (Å²) in [6, 6.07) is 5.70. The number of pyridine rings is 1. The van der Waals surface area contributed by atoms with Crippen LogP contribution in [-0.2, 0) is 12.1 Å². The first-order valence-electron chi connectivity index (χ1n) is 7.19. The zero-order valence-electron chi connectivity index (χ0n) is 11.8. The van der Waals surface area contributed by atoms with Gasteiger partial charge in [-0.05, 0) is 31.4 Å². The lowest BCUT2D eigenvalue weighted by Gasteiger charge is -2.36. The zero-order valence-corrected chi connectivity index (χ0v) is 11.8. The Bertz CT molecular complexity index is 812. The van der Waals surface area contributed by atoms with Gasteiger partial charge in [0.1, 0.15) is 11.1 Å². The average molecular weight is 297 g/mol. The number of rotatable bonds is 4. The molecule has 8 heteroatoms. The molecule has 0 aromatic carbocycles.